The fraction of sp³-hybridized carbons (Fsp3) is 0.588. The molecule has 1 aromatic rings. The smallest absolute Gasteiger partial charge is 0.260 e. The number of carbonyl (C=O) groups excluding carboxylic acids is 1. The minimum Gasteiger partial charge on any atom is -0.481 e. The molecule has 0 aromatic heterocycles. The first kappa shape index (κ1) is 18.0. The van der Waals surface area contributed by atoms with Crippen molar-refractivity contribution in [2.45, 2.75) is 26.9 Å². The van der Waals surface area contributed by atoms with E-state index in [0.29, 0.717) is 12.3 Å². The summed E-state index contributed by atoms with van der Waals surface area (Å²) in [4.78, 5) is 14.4. The van der Waals surface area contributed by atoms with Crippen molar-refractivity contribution >= 4 is 17.5 Å². The van der Waals surface area contributed by atoms with E-state index in [9.17, 15) is 4.79 Å². The maximum atomic E-state index is 12.1. The Labute approximate surface area is 142 Å². The molecule has 1 atom stereocenters. The molecule has 5 nitrogen and oxygen atoms in total. The Morgan fingerprint density at radius 2 is 1.96 bits per heavy atom. The molecule has 0 aliphatic carbocycles. The van der Waals surface area contributed by atoms with Gasteiger partial charge in [0.25, 0.3) is 5.91 Å². The molecule has 23 heavy (non-hydrogen) atoms. The van der Waals surface area contributed by atoms with Gasteiger partial charge in [-0.2, -0.15) is 0 Å². The van der Waals surface area contributed by atoms with Gasteiger partial charge < -0.3 is 14.8 Å². The molecule has 128 valence electrons. The number of nitrogens with zero attached hydrogens (tertiary/aromatic N) is 1. The van der Waals surface area contributed by atoms with Gasteiger partial charge >= 0.3 is 0 Å². The van der Waals surface area contributed by atoms with Gasteiger partial charge in [-0.25, -0.2) is 0 Å². The van der Waals surface area contributed by atoms with Crippen molar-refractivity contribution in [3.05, 3.63) is 28.3 Å². The Morgan fingerprint density at radius 3 is 2.57 bits per heavy atom. The van der Waals surface area contributed by atoms with E-state index in [2.05, 4.69) is 10.2 Å². The lowest BCUT2D eigenvalue weighted by Crippen LogP contribution is -2.43. The summed E-state index contributed by atoms with van der Waals surface area (Å²) in [6.45, 7) is 10.4. The second-order valence-electron chi connectivity index (χ2n) is 5.88. The van der Waals surface area contributed by atoms with Crippen LogP contribution in [0.25, 0.3) is 0 Å². The van der Waals surface area contributed by atoms with Crippen LogP contribution in [0.5, 0.6) is 5.75 Å². The summed E-state index contributed by atoms with van der Waals surface area (Å²) in [5, 5.41) is 3.65. The molecule has 1 heterocycles. The first-order valence-corrected chi connectivity index (χ1v) is 8.36. The molecule has 2 rings (SSSR count). The Hall–Kier alpha value is -1.30. The molecule has 6 heteroatoms. The first-order chi connectivity index (χ1) is 11.0. The molecule has 1 saturated heterocycles. The Morgan fingerprint density at radius 1 is 1.35 bits per heavy atom. The van der Waals surface area contributed by atoms with E-state index in [0.717, 1.165) is 49.0 Å². The van der Waals surface area contributed by atoms with Crippen LogP contribution in [0.3, 0.4) is 0 Å². The normalized spacial score (nSPS) is 16.9. The zero-order valence-corrected chi connectivity index (χ0v) is 14.8. The van der Waals surface area contributed by atoms with E-state index in [1.807, 2.05) is 26.0 Å². The van der Waals surface area contributed by atoms with Crippen LogP contribution in [-0.4, -0.2) is 56.3 Å². The van der Waals surface area contributed by atoms with Crippen LogP contribution >= 0.6 is 11.6 Å². The van der Waals surface area contributed by atoms with E-state index in [4.69, 9.17) is 21.1 Å². The van der Waals surface area contributed by atoms with Crippen LogP contribution in [0.2, 0.25) is 5.02 Å². The molecule has 0 saturated carbocycles. The molecule has 0 unspecified atom stereocenters. The number of morpholine rings is 1. The van der Waals surface area contributed by atoms with Crippen LogP contribution < -0.4 is 10.1 Å². The van der Waals surface area contributed by atoms with Crippen LogP contribution in [-0.2, 0) is 9.53 Å². The van der Waals surface area contributed by atoms with E-state index in [-0.39, 0.29) is 5.91 Å². The minimum absolute atomic E-state index is 0.108. The molecular weight excluding hydrogens is 316 g/mol. The predicted molar refractivity (Wildman–Crippen MR) is 91.3 cm³/mol. The van der Waals surface area contributed by atoms with Crippen molar-refractivity contribution in [1.29, 1.82) is 0 Å². The van der Waals surface area contributed by atoms with Gasteiger partial charge in [-0.1, -0.05) is 11.6 Å². The standard InChI is InChI=1S/C17H25ClN2O3/c1-12-10-15(11-13(2)16(12)18)23-14(3)17(21)19-4-5-20-6-8-22-9-7-20/h10-11,14H,4-9H2,1-3H3,(H,19,21)/t14-/m0/s1. The fourth-order valence-electron chi connectivity index (χ4n) is 2.54. The topological polar surface area (TPSA) is 50.8 Å². The van der Waals surface area contributed by atoms with Crippen LogP contribution in [0, 0.1) is 13.8 Å². The first-order valence-electron chi connectivity index (χ1n) is 7.98. The summed E-state index contributed by atoms with van der Waals surface area (Å²) in [5.74, 6) is 0.559. The Balaban J connectivity index is 1.78. The number of halogens is 1. The van der Waals surface area contributed by atoms with E-state index in [1.54, 1.807) is 6.92 Å². The van der Waals surface area contributed by atoms with E-state index >= 15 is 0 Å². The molecule has 0 radical (unpaired) electrons. The second-order valence-corrected chi connectivity index (χ2v) is 6.25. The Bertz CT molecular complexity index is 522. The highest BCUT2D eigenvalue weighted by molar-refractivity contribution is 6.32. The van der Waals surface area contributed by atoms with Crippen molar-refractivity contribution in [3.63, 3.8) is 0 Å². The number of ether oxygens (including phenoxy) is 2. The number of carbonyl (C=O) groups is 1. The molecule has 1 N–H and O–H groups in total. The lowest BCUT2D eigenvalue weighted by atomic mass is 10.1. The van der Waals surface area contributed by atoms with Crippen LogP contribution in [0.1, 0.15) is 18.1 Å². The summed E-state index contributed by atoms with van der Waals surface area (Å²) < 4.78 is 11.0. The number of hydrogen-bond acceptors (Lipinski definition) is 4. The molecule has 0 spiro atoms. The molecule has 0 bridgehead atoms. The highest BCUT2D eigenvalue weighted by Crippen LogP contribution is 2.26. The Kier molecular flexibility index (Phi) is 6.69. The number of rotatable bonds is 6. The third kappa shape index (κ3) is 5.37. The molecular formula is C17H25ClN2O3. The van der Waals surface area contributed by atoms with Gasteiger partial charge in [-0.3, -0.25) is 9.69 Å². The number of amides is 1. The van der Waals surface area contributed by atoms with E-state index in [1.165, 1.54) is 0 Å². The van der Waals surface area contributed by atoms with Gasteiger partial charge in [0.2, 0.25) is 0 Å². The average Bonchev–Trinajstić information content (AvgIpc) is 2.53. The van der Waals surface area contributed by atoms with Gasteiger partial charge in [0.15, 0.2) is 6.10 Å². The van der Waals surface area contributed by atoms with Gasteiger partial charge in [0.1, 0.15) is 5.75 Å². The monoisotopic (exact) mass is 340 g/mol. The molecule has 1 fully saturated rings. The van der Waals surface area contributed by atoms with Crippen molar-refractivity contribution in [2.24, 2.45) is 0 Å². The second kappa shape index (κ2) is 8.52. The zero-order chi connectivity index (χ0) is 16.8. The largest absolute Gasteiger partial charge is 0.481 e. The third-order valence-corrected chi connectivity index (χ3v) is 4.52. The average molecular weight is 341 g/mol. The zero-order valence-electron chi connectivity index (χ0n) is 14.0. The number of hydrogen-bond donors (Lipinski definition) is 1. The molecule has 1 aromatic carbocycles. The number of nitrogens with one attached hydrogen (secondary N) is 1. The summed E-state index contributed by atoms with van der Waals surface area (Å²) in [6.07, 6.45) is -0.542. The van der Waals surface area contributed by atoms with Crippen molar-refractivity contribution in [2.75, 3.05) is 39.4 Å². The van der Waals surface area contributed by atoms with Gasteiger partial charge in [-0.05, 0) is 44.0 Å². The maximum absolute atomic E-state index is 12.1. The summed E-state index contributed by atoms with van der Waals surface area (Å²) >= 11 is 6.14. The molecule has 1 aliphatic heterocycles. The van der Waals surface area contributed by atoms with Gasteiger partial charge in [0.05, 0.1) is 13.2 Å². The van der Waals surface area contributed by atoms with Crippen molar-refractivity contribution < 1.29 is 14.3 Å². The maximum Gasteiger partial charge on any atom is 0.260 e. The highest BCUT2D eigenvalue weighted by atomic mass is 35.5. The predicted octanol–water partition coefficient (Wildman–Crippen LogP) is 2.17. The molecule has 1 amide bonds. The minimum atomic E-state index is -0.542. The van der Waals surface area contributed by atoms with Crippen molar-refractivity contribution in [1.82, 2.24) is 10.2 Å². The molecule has 1 aliphatic rings. The quantitative estimate of drug-likeness (QED) is 0.862. The lowest BCUT2D eigenvalue weighted by Gasteiger charge is -2.26. The number of aryl methyl sites for hydroxylation is 2. The summed E-state index contributed by atoms with van der Waals surface area (Å²) in [6, 6.07) is 3.71. The highest BCUT2D eigenvalue weighted by Gasteiger charge is 2.16. The SMILES string of the molecule is Cc1cc(O[C@@H](C)C(=O)NCCN2CCOCC2)cc(C)c1Cl. The van der Waals surface area contributed by atoms with Gasteiger partial charge in [-0.15, -0.1) is 0 Å². The van der Waals surface area contributed by atoms with Crippen LogP contribution in [0.4, 0.5) is 0 Å². The van der Waals surface area contributed by atoms with Gasteiger partial charge in [0, 0.05) is 31.2 Å². The fourth-order valence-corrected chi connectivity index (χ4v) is 2.65. The summed E-state index contributed by atoms with van der Waals surface area (Å²) in [5.41, 5.74) is 1.89. The van der Waals surface area contributed by atoms with Crippen LogP contribution in [0.15, 0.2) is 12.1 Å². The summed E-state index contributed by atoms with van der Waals surface area (Å²) in [7, 11) is 0. The third-order valence-electron chi connectivity index (χ3n) is 3.92. The number of benzene rings is 1. The van der Waals surface area contributed by atoms with Crippen molar-refractivity contribution in [3.8, 4) is 5.75 Å². The van der Waals surface area contributed by atoms with E-state index < -0.39 is 6.10 Å². The lowest BCUT2D eigenvalue weighted by molar-refractivity contribution is -0.127.